The Balaban J connectivity index is 2.80. The van der Waals surface area contributed by atoms with E-state index in [4.69, 9.17) is 4.74 Å². The Morgan fingerprint density at radius 3 is 2.56 bits per heavy atom. The molecular formula is C15H23NO2. The molecule has 0 unspecified atom stereocenters. The van der Waals surface area contributed by atoms with Gasteiger partial charge in [0, 0.05) is 6.04 Å². The molecule has 0 aliphatic rings. The highest BCUT2D eigenvalue weighted by Gasteiger charge is 2.17. The second kappa shape index (κ2) is 7.17. The van der Waals surface area contributed by atoms with Crippen LogP contribution in [-0.2, 0) is 0 Å². The molecule has 0 spiro atoms. The van der Waals surface area contributed by atoms with Crippen molar-refractivity contribution in [2.45, 2.75) is 33.2 Å². The summed E-state index contributed by atoms with van der Waals surface area (Å²) >= 11 is 0. The molecule has 0 aromatic heterocycles. The summed E-state index contributed by atoms with van der Waals surface area (Å²) in [6.45, 7) is 7.75. The molecule has 0 amide bonds. The second-order valence-electron chi connectivity index (χ2n) is 4.69. The smallest absolute Gasteiger partial charge is 0.180 e. The first-order valence-electron chi connectivity index (χ1n) is 6.50. The van der Waals surface area contributed by atoms with Gasteiger partial charge in [-0.1, -0.05) is 19.1 Å². The van der Waals surface area contributed by atoms with E-state index in [9.17, 15) is 4.79 Å². The van der Waals surface area contributed by atoms with Crippen molar-refractivity contribution in [2.24, 2.45) is 0 Å². The highest BCUT2D eigenvalue weighted by molar-refractivity contribution is 6.00. The summed E-state index contributed by atoms with van der Waals surface area (Å²) in [4.78, 5) is 14.5. The third kappa shape index (κ3) is 3.84. The number of methoxy groups -OCH3 is 1. The lowest BCUT2D eigenvalue weighted by molar-refractivity contribution is 0.0903. The zero-order chi connectivity index (χ0) is 13.5. The highest BCUT2D eigenvalue weighted by atomic mass is 16.5. The number of para-hydroxylation sites is 1. The molecule has 0 heterocycles. The summed E-state index contributed by atoms with van der Waals surface area (Å²) in [6.07, 6.45) is 1.05. The summed E-state index contributed by atoms with van der Waals surface area (Å²) in [5.74, 6) is 0.775. The number of nitrogens with zero attached hydrogens (tertiary/aromatic N) is 1. The van der Waals surface area contributed by atoms with Gasteiger partial charge in [0.1, 0.15) is 5.75 Å². The van der Waals surface area contributed by atoms with Crippen molar-refractivity contribution < 1.29 is 9.53 Å². The van der Waals surface area contributed by atoms with Gasteiger partial charge in [-0.25, -0.2) is 0 Å². The van der Waals surface area contributed by atoms with E-state index in [0.29, 0.717) is 23.9 Å². The van der Waals surface area contributed by atoms with Crippen LogP contribution in [0.1, 0.15) is 37.6 Å². The molecule has 0 N–H and O–H groups in total. The fraction of sp³-hybridized carbons (Fsp3) is 0.533. The minimum Gasteiger partial charge on any atom is -0.496 e. The third-order valence-corrected chi connectivity index (χ3v) is 3.00. The van der Waals surface area contributed by atoms with E-state index >= 15 is 0 Å². The van der Waals surface area contributed by atoms with E-state index in [1.165, 1.54) is 0 Å². The van der Waals surface area contributed by atoms with Gasteiger partial charge in [-0.2, -0.15) is 0 Å². The van der Waals surface area contributed by atoms with Crippen LogP contribution < -0.4 is 4.74 Å². The van der Waals surface area contributed by atoms with Crippen LogP contribution in [-0.4, -0.2) is 36.9 Å². The summed E-state index contributed by atoms with van der Waals surface area (Å²) < 4.78 is 5.23. The van der Waals surface area contributed by atoms with Gasteiger partial charge in [-0.15, -0.1) is 0 Å². The number of benzene rings is 1. The number of carbonyl (C=O) groups is 1. The van der Waals surface area contributed by atoms with Gasteiger partial charge < -0.3 is 4.74 Å². The first kappa shape index (κ1) is 14.7. The van der Waals surface area contributed by atoms with Crippen LogP contribution in [0.25, 0.3) is 0 Å². The Morgan fingerprint density at radius 2 is 2.00 bits per heavy atom. The van der Waals surface area contributed by atoms with E-state index in [1.807, 2.05) is 24.3 Å². The SMILES string of the molecule is CCCN(CC(=O)c1ccccc1OC)C(C)C. The molecule has 0 fully saturated rings. The lowest BCUT2D eigenvalue weighted by atomic mass is 10.1. The summed E-state index contributed by atoms with van der Waals surface area (Å²) in [7, 11) is 1.60. The van der Waals surface area contributed by atoms with Gasteiger partial charge in [0.2, 0.25) is 0 Å². The van der Waals surface area contributed by atoms with Crippen molar-refractivity contribution in [1.82, 2.24) is 4.90 Å². The predicted octanol–water partition coefficient (Wildman–Crippen LogP) is 3.00. The molecule has 0 bridgehead atoms. The van der Waals surface area contributed by atoms with Crippen molar-refractivity contribution in [2.75, 3.05) is 20.2 Å². The summed E-state index contributed by atoms with van der Waals surface area (Å²) in [5.41, 5.74) is 0.668. The minimum absolute atomic E-state index is 0.120. The number of Topliss-reactive ketones (excluding diaryl/α,β-unsaturated/α-hetero) is 1. The number of carbonyl (C=O) groups excluding carboxylic acids is 1. The number of rotatable bonds is 7. The molecule has 0 atom stereocenters. The normalized spacial score (nSPS) is 11.0. The molecule has 3 nitrogen and oxygen atoms in total. The molecule has 100 valence electrons. The number of hydrogen-bond donors (Lipinski definition) is 0. The molecule has 0 aliphatic heterocycles. The van der Waals surface area contributed by atoms with E-state index in [1.54, 1.807) is 7.11 Å². The van der Waals surface area contributed by atoms with Crippen molar-refractivity contribution in [3.8, 4) is 5.75 Å². The standard InChI is InChI=1S/C15H23NO2/c1-5-10-16(12(2)3)11-14(17)13-8-6-7-9-15(13)18-4/h6-9,12H,5,10-11H2,1-4H3. The fourth-order valence-corrected chi connectivity index (χ4v) is 1.95. The molecule has 0 saturated heterocycles. The average Bonchev–Trinajstić information content (AvgIpc) is 2.37. The quantitative estimate of drug-likeness (QED) is 0.696. The van der Waals surface area contributed by atoms with E-state index in [2.05, 4.69) is 25.7 Å². The molecule has 1 rings (SSSR count). The number of ketones is 1. The van der Waals surface area contributed by atoms with Gasteiger partial charge in [-0.3, -0.25) is 9.69 Å². The lowest BCUT2D eigenvalue weighted by Gasteiger charge is -2.25. The summed E-state index contributed by atoms with van der Waals surface area (Å²) in [5, 5.41) is 0. The molecule has 0 aliphatic carbocycles. The highest BCUT2D eigenvalue weighted by Crippen LogP contribution is 2.18. The van der Waals surface area contributed by atoms with Gasteiger partial charge in [-0.05, 0) is 38.9 Å². The molecular weight excluding hydrogens is 226 g/mol. The molecule has 0 radical (unpaired) electrons. The second-order valence-corrected chi connectivity index (χ2v) is 4.69. The van der Waals surface area contributed by atoms with Gasteiger partial charge in [0.15, 0.2) is 5.78 Å². The van der Waals surface area contributed by atoms with Gasteiger partial charge >= 0.3 is 0 Å². The molecule has 0 saturated carbocycles. The van der Waals surface area contributed by atoms with E-state index < -0.39 is 0 Å². The van der Waals surface area contributed by atoms with Gasteiger partial charge in [0.05, 0.1) is 19.2 Å². The first-order chi connectivity index (χ1) is 8.60. The van der Waals surface area contributed by atoms with E-state index in [-0.39, 0.29) is 5.78 Å². The van der Waals surface area contributed by atoms with Gasteiger partial charge in [0.25, 0.3) is 0 Å². The van der Waals surface area contributed by atoms with Crippen LogP contribution in [0.2, 0.25) is 0 Å². The monoisotopic (exact) mass is 249 g/mol. The average molecular weight is 249 g/mol. The van der Waals surface area contributed by atoms with Crippen LogP contribution in [0, 0.1) is 0 Å². The Bertz CT molecular complexity index is 388. The Morgan fingerprint density at radius 1 is 1.33 bits per heavy atom. The third-order valence-electron chi connectivity index (χ3n) is 3.00. The Kier molecular flexibility index (Phi) is 5.86. The largest absolute Gasteiger partial charge is 0.496 e. The Labute approximate surface area is 110 Å². The van der Waals surface area contributed by atoms with E-state index in [0.717, 1.165) is 13.0 Å². The van der Waals surface area contributed by atoms with Crippen molar-refractivity contribution in [3.63, 3.8) is 0 Å². The predicted molar refractivity (Wildman–Crippen MR) is 74.3 cm³/mol. The number of ether oxygens (including phenoxy) is 1. The maximum atomic E-state index is 12.3. The maximum absolute atomic E-state index is 12.3. The zero-order valence-electron chi connectivity index (χ0n) is 11.8. The van der Waals surface area contributed by atoms with Crippen molar-refractivity contribution >= 4 is 5.78 Å². The van der Waals surface area contributed by atoms with Crippen LogP contribution >= 0.6 is 0 Å². The molecule has 1 aromatic carbocycles. The van der Waals surface area contributed by atoms with Crippen LogP contribution in [0.4, 0.5) is 0 Å². The Hall–Kier alpha value is -1.35. The number of hydrogen-bond acceptors (Lipinski definition) is 3. The summed E-state index contributed by atoms with van der Waals surface area (Å²) in [6, 6.07) is 7.78. The first-order valence-corrected chi connectivity index (χ1v) is 6.50. The topological polar surface area (TPSA) is 29.5 Å². The van der Waals surface area contributed by atoms with Crippen molar-refractivity contribution in [3.05, 3.63) is 29.8 Å². The fourth-order valence-electron chi connectivity index (χ4n) is 1.95. The molecule has 3 heteroatoms. The molecule has 18 heavy (non-hydrogen) atoms. The minimum atomic E-state index is 0.120. The van der Waals surface area contributed by atoms with Crippen molar-refractivity contribution in [1.29, 1.82) is 0 Å². The van der Waals surface area contributed by atoms with Crippen LogP contribution in [0.3, 0.4) is 0 Å². The zero-order valence-corrected chi connectivity index (χ0v) is 11.8. The molecule has 1 aromatic rings. The van der Waals surface area contributed by atoms with Crippen LogP contribution in [0.5, 0.6) is 5.75 Å². The lowest BCUT2D eigenvalue weighted by Crippen LogP contribution is -2.36. The van der Waals surface area contributed by atoms with Crippen LogP contribution in [0.15, 0.2) is 24.3 Å². The maximum Gasteiger partial charge on any atom is 0.180 e.